The number of anilines is 2. The molecule has 32 heavy (non-hydrogen) atoms. The molecule has 0 bridgehead atoms. The lowest BCUT2D eigenvalue weighted by Crippen LogP contribution is -2.19. The molecule has 0 radical (unpaired) electrons. The average molecular weight is 431 g/mol. The third-order valence-electron chi connectivity index (χ3n) is 5.31. The molecule has 0 saturated heterocycles. The van der Waals surface area contributed by atoms with Crippen molar-refractivity contribution in [3.8, 4) is 11.5 Å². The Labute approximate surface area is 187 Å². The Morgan fingerprint density at radius 1 is 0.875 bits per heavy atom. The minimum absolute atomic E-state index is 0.340. The van der Waals surface area contributed by atoms with Gasteiger partial charge >= 0.3 is 6.03 Å². The van der Waals surface area contributed by atoms with E-state index in [2.05, 4.69) is 27.3 Å². The Balaban J connectivity index is 1.40. The first-order valence-corrected chi connectivity index (χ1v) is 10.4. The van der Waals surface area contributed by atoms with Crippen LogP contribution in [-0.2, 0) is 19.9 Å². The number of urea groups is 1. The highest BCUT2D eigenvalue weighted by Gasteiger charge is 2.09. The van der Waals surface area contributed by atoms with Crippen LogP contribution in [0.15, 0.2) is 66.7 Å². The number of benzene rings is 3. The molecule has 4 aromatic rings. The van der Waals surface area contributed by atoms with E-state index in [0.717, 1.165) is 41.0 Å². The molecular weight excluding hydrogens is 404 g/mol. The topological polar surface area (TPSA) is 77.4 Å². The molecule has 7 heteroatoms. The highest BCUT2D eigenvalue weighted by Crippen LogP contribution is 2.26. The SMILES string of the molecule is COc1cc(NC(=O)Nc2cccc(CCc3nc4ccccc4n3C)c2)cc(OC)c1. The van der Waals surface area contributed by atoms with Gasteiger partial charge in [-0.2, -0.15) is 0 Å². The van der Waals surface area contributed by atoms with Gasteiger partial charge < -0.3 is 24.7 Å². The van der Waals surface area contributed by atoms with Crippen molar-refractivity contribution >= 4 is 28.4 Å². The molecule has 4 rings (SSSR count). The van der Waals surface area contributed by atoms with Crippen LogP contribution in [0.2, 0.25) is 0 Å². The van der Waals surface area contributed by atoms with E-state index in [9.17, 15) is 4.79 Å². The van der Waals surface area contributed by atoms with Gasteiger partial charge in [-0.25, -0.2) is 9.78 Å². The number of hydrogen-bond acceptors (Lipinski definition) is 4. The van der Waals surface area contributed by atoms with Crippen molar-refractivity contribution in [2.75, 3.05) is 24.9 Å². The largest absolute Gasteiger partial charge is 0.497 e. The Kier molecular flexibility index (Phi) is 6.26. The number of nitrogens with zero attached hydrogens (tertiary/aromatic N) is 2. The highest BCUT2D eigenvalue weighted by molar-refractivity contribution is 6.00. The van der Waals surface area contributed by atoms with Crippen LogP contribution < -0.4 is 20.1 Å². The maximum Gasteiger partial charge on any atom is 0.323 e. The van der Waals surface area contributed by atoms with E-state index in [1.54, 1.807) is 32.4 Å². The van der Waals surface area contributed by atoms with Gasteiger partial charge in [0.15, 0.2) is 0 Å². The smallest absolute Gasteiger partial charge is 0.323 e. The third-order valence-corrected chi connectivity index (χ3v) is 5.31. The van der Waals surface area contributed by atoms with Crippen LogP contribution in [0.4, 0.5) is 16.2 Å². The van der Waals surface area contributed by atoms with Gasteiger partial charge in [-0.15, -0.1) is 0 Å². The predicted molar refractivity (Wildman–Crippen MR) is 127 cm³/mol. The van der Waals surface area contributed by atoms with Crippen LogP contribution >= 0.6 is 0 Å². The van der Waals surface area contributed by atoms with Crippen molar-refractivity contribution in [3.05, 3.63) is 78.1 Å². The maximum absolute atomic E-state index is 12.5. The molecule has 1 aromatic heterocycles. The summed E-state index contributed by atoms with van der Waals surface area (Å²) < 4.78 is 12.6. The maximum atomic E-state index is 12.5. The van der Waals surface area contributed by atoms with Crippen molar-refractivity contribution in [2.45, 2.75) is 12.8 Å². The van der Waals surface area contributed by atoms with E-state index in [0.29, 0.717) is 17.2 Å². The van der Waals surface area contributed by atoms with Crippen molar-refractivity contribution in [1.29, 1.82) is 0 Å². The predicted octanol–water partition coefficient (Wildman–Crippen LogP) is 5.02. The van der Waals surface area contributed by atoms with Crippen LogP contribution in [0.25, 0.3) is 11.0 Å². The Morgan fingerprint density at radius 3 is 2.31 bits per heavy atom. The first-order chi connectivity index (χ1) is 15.6. The number of ether oxygens (including phenoxy) is 2. The van der Waals surface area contributed by atoms with Crippen molar-refractivity contribution in [2.24, 2.45) is 7.05 Å². The number of carbonyl (C=O) groups is 1. The number of fused-ring (bicyclic) bond motifs is 1. The minimum Gasteiger partial charge on any atom is -0.497 e. The zero-order valence-corrected chi connectivity index (χ0v) is 18.4. The molecule has 0 fully saturated rings. The molecule has 7 nitrogen and oxygen atoms in total. The molecule has 3 aromatic carbocycles. The molecule has 0 unspecified atom stereocenters. The Morgan fingerprint density at radius 2 is 1.59 bits per heavy atom. The second-order valence-electron chi connectivity index (χ2n) is 7.46. The fourth-order valence-electron chi connectivity index (χ4n) is 3.65. The van der Waals surface area contributed by atoms with Crippen LogP contribution in [-0.4, -0.2) is 29.8 Å². The summed E-state index contributed by atoms with van der Waals surface area (Å²) in [5, 5.41) is 5.70. The lowest BCUT2D eigenvalue weighted by Gasteiger charge is -2.11. The van der Waals surface area contributed by atoms with E-state index in [1.165, 1.54) is 0 Å². The van der Waals surface area contributed by atoms with Gasteiger partial charge in [0, 0.05) is 43.0 Å². The molecule has 1 heterocycles. The molecule has 0 saturated carbocycles. The number of methoxy groups -OCH3 is 2. The summed E-state index contributed by atoms with van der Waals surface area (Å²) in [7, 11) is 5.18. The number of imidazole rings is 1. The summed E-state index contributed by atoms with van der Waals surface area (Å²) in [6.45, 7) is 0. The zero-order chi connectivity index (χ0) is 22.5. The molecule has 164 valence electrons. The van der Waals surface area contributed by atoms with E-state index in [1.807, 2.05) is 43.4 Å². The van der Waals surface area contributed by atoms with Crippen molar-refractivity contribution in [3.63, 3.8) is 0 Å². The quantitative estimate of drug-likeness (QED) is 0.432. The number of aromatic nitrogens is 2. The van der Waals surface area contributed by atoms with Gasteiger partial charge in [-0.1, -0.05) is 24.3 Å². The van der Waals surface area contributed by atoms with Crippen LogP contribution in [0.1, 0.15) is 11.4 Å². The number of aryl methyl sites for hydroxylation is 3. The van der Waals surface area contributed by atoms with E-state index in [4.69, 9.17) is 14.5 Å². The Bertz CT molecular complexity index is 1230. The summed E-state index contributed by atoms with van der Waals surface area (Å²) >= 11 is 0. The van der Waals surface area contributed by atoms with Gasteiger partial charge in [-0.05, 0) is 36.2 Å². The van der Waals surface area contributed by atoms with Crippen LogP contribution in [0.5, 0.6) is 11.5 Å². The van der Waals surface area contributed by atoms with Gasteiger partial charge in [0.1, 0.15) is 17.3 Å². The summed E-state index contributed by atoms with van der Waals surface area (Å²) in [5.41, 5.74) is 4.56. The number of rotatable bonds is 7. The molecule has 2 N–H and O–H groups in total. The molecular formula is C25H26N4O3. The van der Waals surface area contributed by atoms with Crippen molar-refractivity contribution in [1.82, 2.24) is 9.55 Å². The molecule has 2 amide bonds. The second kappa shape index (κ2) is 9.43. The van der Waals surface area contributed by atoms with Crippen LogP contribution in [0.3, 0.4) is 0 Å². The summed E-state index contributed by atoms with van der Waals surface area (Å²) in [4.78, 5) is 17.2. The first-order valence-electron chi connectivity index (χ1n) is 10.4. The second-order valence-corrected chi connectivity index (χ2v) is 7.46. The number of para-hydroxylation sites is 2. The lowest BCUT2D eigenvalue weighted by atomic mass is 10.1. The summed E-state index contributed by atoms with van der Waals surface area (Å²) in [6, 6.07) is 20.8. The van der Waals surface area contributed by atoms with E-state index >= 15 is 0 Å². The number of nitrogens with one attached hydrogen (secondary N) is 2. The van der Waals surface area contributed by atoms with Gasteiger partial charge in [-0.3, -0.25) is 0 Å². The molecule has 0 aliphatic rings. The normalized spacial score (nSPS) is 10.7. The van der Waals surface area contributed by atoms with E-state index < -0.39 is 0 Å². The third kappa shape index (κ3) is 4.83. The van der Waals surface area contributed by atoms with Crippen molar-refractivity contribution < 1.29 is 14.3 Å². The number of amides is 2. The molecule has 0 aliphatic heterocycles. The standard InChI is InChI=1S/C25H26N4O3/c1-29-23-10-5-4-9-22(23)28-24(29)12-11-17-7-6-8-18(13-17)26-25(30)27-19-14-20(31-2)16-21(15-19)32-3/h4-10,13-16H,11-12H2,1-3H3,(H2,26,27,30). The van der Waals surface area contributed by atoms with Gasteiger partial charge in [0.2, 0.25) is 0 Å². The highest BCUT2D eigenvalue weighted by atomic mass is 16.5. The zero-order valence-electron chi connectivity index (χ0n) is 18.4. The van der Waals surface area contributed by atoms with Crippen LogP contribution in [0, 0.1) is 0 Å². The monoisotopic (exact) mass is 430 g/mol. The van der Waals surface area contributed by atoms with E-state index in [-0.39, 0.29) is 6.03 Å². The fourth-order valence-corrected chi connectivity index (χ4v) is 3.65. The lowest BCUT2D eigenvalue weighted by molar-refractivity contribution is 0.262. The van der Waals surface area contributed by atoms with Gasteiger partial charge in [0.25, 0.3) is 0 Å². The minimum atomic E-state index is -0.340. The fraction of sp³-hybridized carbons (Fsp3) is 0.200. The Hall–Kier alpha value is -4.00. The molecule has 0 aliphatic carbocycles. The number of carbonyl (C=O) groups excluding carboxylic acids is 1. The summed E-state index contributed by atoms with van der Waals surface area (Å²) in [6.07, 6.45) is 1.63. The van der Waals surface area contributed by atoms with Gasteiger partial charge in [0.05, 0.1) is 25.3 Å². The first kappa shape index (κ1) is 21.2. The average Bonchev–Trinajstić information content (AvgIpc) is 3.13. The summed E-state index contributed by atoms with van der Waals surface area (Å²) in [5.74, 6) is 2.24. The molecule has 0 spiro atoms. The molecule has 0 atom stereocenters. The number of hydrogen-bond donors (Lipinski definition) is 2.